The summed E-state index contributed by atoms with van der Waals surface area (Å²) in [7, 11) is 2.29. The molecule has 1 saturated heterocycles. The maximum Gasteiger partial charge on any atom is 0.0121 e. The fourth-order valence-corrected chi connectivity index (χ4v) is 2.64. The van der Waals surface area contributed by atoms with Crippen molar-refractivity contribution in [2.75, 3.05) is 13.6 Å². The fourth-order valence-electron chi connectivity index (χ4n) is 2.64. The lowest BCUT2D eigenvalue weighted by atomic mass is 9.85. The van der Waals surface area contributed by atoms with E-state index in [9.17, 15) is 0 Å². The minimum atomic E-state index is 0.966. The normalized spacial score (nSPS) is 41.7. The Morgan fingerprint density at radius 2 is 1.90 bits per heavy atom. The van der Waals surface area contributed by atoms with Crippen LogP contribution in [0.3, 0.4) is 0 Å². The molecule has 1 aliphatic heterocycles. The molecule has 2 atom stereocenters. The average Bonchev–Trinajstić information content (AvgIpc) is 2.34. The van der Waals surface area contributed by atoms with Crippen molar-refractivity contribution in [3.05, 3.63) is 0 Å². The Bertz CT molecular complexity index is 120. The number of fused-ring (bicyclic) bond motifs is 1. The summed E-state index contributed by atoms with van der Waals surface area (Å²) in [6.45, 7) is 1.36. The molecule has 1 saturated carbocycles. The Morgan fingerprint density at radius 3 is 2.70 bits per heavy atom. The maximum absolute atomic E-state index is 2.56. The first-order valence-electron chi connectivity index (χ1n) is 4.58. The second kappa shape index (κ2) is 2.54. The summed E-state index contributed by atoms with van der Waals surface area (Å²) in [6.07, 6.45) is 7.43. The third kappa shape index (κ3) is 0.968. The smallest absolute Gasteiger partial charge is 0.0121 e. The molecule has 1 nitrogen and oxygen atoms in total. The number of hydrogen-bond acceptors (Lipinski definition) is 1. The highest BCUT2D eigenvalue weighted by Crippen LogP contribution is 2.34. The van der Waals surface area contributed by atoms with E-state index in [1.54, 1.807) is 0 Å². The molecule has 1 heterocycles. The van der Waals surface area contributed by atoms with Gasteiger partial charge in [-0.25, -0.2) is 0 Å². The summed E-state index contributed by atoms with van der Waals surface area (Å²) >= 11 is 0. The first kappa shape index (κ1) is 6.66. The van der Waals surface area contributed by atoms with Gasteiger partial charge in [0.25, 0.3) is 0 Å². The van der Waals surface area contributed by atoms with Crippen LogP contribution in [0.4, 0.5) is 0 Å². The van der Waals surface area contributed by atoms with Crippen LogP contribution in [0, 0.1) is 5.92 Å². The molecule has 2 fully saturated rings. The molecule has 0 bridgehead atoms. The highest BCUT2D eigenvalue weighted by molar-refractivity contribution is 4.87. The van der Waals surface area contributed by atoms with Crippen LogP contribution < -0.4 is 0 Å². The first-order chi connectivity index (χ1) is 4.88. The molecule has 0 radical (unpaired) electrons. The quantitative estimate of drug-likeness (QED) is 0.495. The van der Waals surface area contributed by atoms with Crippen molar-refractivity contribution in [3.8, 4) is 0 Å². The van der Waals surface area contributed by atoms with Gasteiger partial charge in [-0.1, -0.05) is 12.8 Å². The average molecular weight is 139 g/mol. The van der Waals surface area contributed by atoms with Crippen molar-refractivity contribution in [3.63, 3.8) is 0 Å². The second-order valence-electron chi connectivity index (χ2n) is 3.88. The minimum absolute atomic E-state index is 0.966. The van der Waals surface area contributed by atoms with Crippen molar-refractivity contribution in [2.24, 2.45) is 5.92 Å². The van der Waals surface area contributed by atoms with E-state index in [-0.39, 0.29) is 0 Å². The monoisotopic (exact) mass is 139 g/mol. The molecule has 10 heavy (non-hydrogen) atoms. The molecule has 1 unspecified atom stereocenters. The van der Waals surface area contributed by atoms with Gasteiger partial charge in [-0.3, -0.25) is 0 Å². The van der Waals surface area contributed by atoms with Crippen LogP contribution in [-0.4, -0.2) is 24.5 Å². The van der Waals surface area contributed by atoms with E-state index >= 15 is 0 Å². The van der Waals surface area contributed by atoms with Crippen molar-refractivity contribution in [1.82, 2.24) is 4.90 Å². The summed E-state index contributed by atoms with van der Waals surface area (Å²) < 4.78 is 0. The van der Waals surface area contributed by atoms with Gasteiger partial charge in [0, 0.05) is 6.04 Å². The van der Waals surface area contributed by atoms with Gasteiger partial charge in [0.05, 0.1) is 0 Å². The van der Waals surface area contributed by atoms with Crippen LogP contribution >= 0.6 is 0 Å². The van der Waals surface area contributed by atoms with Crippen molar-refractivity contribution < 1.29 is 0 Å². The molecule has 1 heteroatoms. The van der Waals surface area contributed by atoms with Gasteiger partial charge < -0.3 is 4.90 Å². The summed E-state index contributed by atoms with van der Waals surface area (Å²) in [5, 5.41) is 0. The van der Waals surface area contributed by atoms with Gasteiger partial charge in [-0.15, -0.1) is 0 Å². The predicted molar refractivity (Wildman–Crippen MR) is 43.0 cm³/mol. The Labute approximate surface area is 63.4 Å². The molecule has 0 aromatic rings. The third-order valence-electron chi connectivity index (χ3n) is 3.29. The van der Waals surface area contributed by atoms with Gasteiger partial charge in [-0.2, -0.15) is 0 Å². The third-order valence-corrected chi connectivity index (χ3v) is 3.29. The molecule has 0 aromatic heterocycles. The van der Waals surface area contributed by atoms with E-state index < -0.39 is 0 Å². The highest BCUT2D eigenvalue weighted by atomic mass is 15.2. The standard InChI is InChI=1S/C9H17N/c1-10-7-6-8-4-2-3-5-9(8)10/h8-9H,2-7H2,1H3/t8-,9?/m0/s1. The number of hydrogen-bond donors (Lipinski definition) is 0. The van der Waals surface area contributed by atoms with Crippen molar-refractivity contribution >= 4 is 0 Å². The molecular formula is C9H17N. The predicted octanol–water partition coefficient (Wildman–Crippen LogP) is 1.88. The zero-order chi connectivity index (χ0) is 6.97. The minimum Gasteiger partial charge on any atom is -0.303 e. The zero-order valence-electron chi connectivity index (χ0n) is 6.84. The Balaban J connectivity index is 2.01. The second-order valence-corrected chi connectivity index (χ2v) is 3.88. The number of rotatable bonds is 0. The van der Waals surface area contributed by atoms with Gasteiger partial charge in [-0.05, 0) is 38.8 Å². The molecule has 2 rings (SSSR count). The molecule has 1 aliphatic carbocycles. The summed E-state index contributed by atoms with van der Waals surface area (Å²) in [5.74, 6) is 1.07. The van der Waals surface area contributed by atoms with Crippen LogP contribution in [0.15, 0.2) is 0 Å². The molecule has 0 spiro atoms. The zero-order valence-corrected chi connectivity index (χ0v) is 6.84. The van der Waals surface area contributed by atoms with E-state index in [2.05, 4.69) is 11.9 Å². The summed E-state index contributed by atoms with van der Waals surface area (Å²) in [6, 6.07) is 0.966. The van der Waals surface area contributed by atoms with Crippen LogP contribution in [-0.2, 0) is 0 Å². The van der Waals surface area contributed by atoms with Gasteiger partial charge >= 0.3 is 0 Å². The van der Waals surface area contributed by atoms with E-state index in [1.165, 1.54) is 38.6 Å². The largest absolute Gasteiger partial charge is 0.303 e. The summed E-state index contributed by atoms with van der Waals surface area (Å²) in [5.41, 5.74) is 0. The van der Waals surface area contributed by atoms with Crippen molar-refractivity contribution in [1.29, 1.82) is 0 Å². The topological polar surface area (TPSA) is 3.24 Å². The van der Waals surface area contributed by atoms with Crippen LogP contribution in [0.2, 0.25) is 0 Å². The molecule has 0 aromatic carbocycles. The lowest BCUT2D eigenvalue weighted by Crippen LogP contribution is -2.31. The summed E-state index contributed by atoms with van der Waals surface area (Å²) in [4.78, 5) is 2.56. The van der Waals surface area contributed by atoms with Crippen molar-refractivity contribution in [2.45, 2.75) is 38.1 Å². The van der Waals surface area contributed by atoms with E-state index in [0.717, 1.165) is 12.0 Å². The molecule has 0 N–H and O–H groups in total. The van der Waals surface area contributed by atoms with E-state index in [4.69, 9.17) is 0 Å². The van der Waals surface area contributed by atoms with Crippen LogP contribution in [0.5, 0.6) is 0 Å². The van der Waals surface area contributed by atoms with E-state index in [0.29, 0.717) is 0 Å². The van der Waals surface area contributed by atoms with Crippen LogP contribution in [0.1, 0.15) is 32.1 Å². The molecule has 0 amide bonds. The van der Waals surface area contributed by atoms with Gasteiger partial charge in [0.1, 0.15) is 0 Å². The van der Waals surface area contributed by atoms with Gasteiger partial charge in [0.2, 0.25) is 0 Å². The SMILES string of the molecule is CN1CC[C@@H]2CCCCC21. The van der Waals surface area contributed by atoms with E-state index in [1.807, 2.05) is 0 Å². The number of nitrogens with zero attached hydrogens (tertiary/aromatic N) is 1. The fraction of sp³-hybridized carbons (Fsp3) is 1.00. The number of likely N-dealkylation sites (tertiary alicyclic amines) is 1. The highest BCUT2D eigenvalue weighted by Gasteiger charge is 2.32. The molecule has 2 aliphatic rings. The lowest BCUT2D eigenvalue weighted by Gasteiger charge is -2.28. The Kier molecular flexibility index (Phi) is 1.69. The Morgan fingerprint density at radius 1 is 1.10 bits per heavy atom. The maximum atomic E-state index is 2.56. The molecular weight excluding hydrogens is 122 g/mol. The first-order valence-corrected chi connectivity index (χ1v) is 4.58. The lowest BCUT2D eigenvalue weighted by molar-refractivity contribution is 0.215. The Hall–Kier alpha value is -0.0400. The molecule has 58 valence electrons. The van der Waals surface area contributed by atoms with Gasteiger partial charge in [0.15, 0.2) is 0 Å². The van der Waals surface area contributed by atoms with Crippen LogP contribution in [0.25, 0.3) is 0 Å².